The van der Waals surface area contributed by atoms with Gasteiger partial charge < -0.3 is 15.2 Å². The van der Waals surface area contributed by atoms with Crippen LogP contribution >= 0.6 is 11.6 Å². The average Bonchev–Trinajstić information content (AvgIpc) is 2.75. The highest BCUT2D eigenvalue weighted by Crippen LogP contribution is 2.30. The van der Waals surface area contributed by atoms with E-state index < -0.39 is 5.82 Å². The summed E-state index contributed by atoms with van der Waals surface area (Å²) in [6.45, 7) is 2.20. The summed E-state index contributed by atoms with van der Waals surface area (Å²) in [7, 11) is 0. The van der Waals surface area contributed by atoms with Crippen LogP contribution in [0.25, 0.3) is 0 Å². The number of amides is 1. The first-order chi connectivity index (χ1) is 15.0. The van der Waals surface area contributed by atoms with Gasteiger partial charge in [0.25, 0.3) is 5.91 Å². The first-order valence-corrected chi connectivity index (χ1v) is 9.87. The van der Waals surface area contributed by atoms with Crippen LogP contribution in [0.5, 0.6) is 11.5 Å². The molecule has 0 unspecified atom stereocenters. The Bertz CT molecular complexity index is 1070. The minimum Gasteiger partial charge on any atom is -0.490 e. The minimum atomic E-state index is -0.439. The predicted molar refractivity (Wildman–Crippen MR) is 119 cm³/mol. The smallest absolute Gasteiger partial charge is 0.271 e. The summed E-state index contributed by atoms with van der Waals surface area (Å²) < 4.78 is 25.3. The lowest BCUT2D eigenvalue weighted by atomic mass is 10.2. The number of carbonyl (C=O) groups is 1. The molecule has 0 heterocycles. The molecule has 31 heavy (non-hydrogen) atoms. The third kappa shape index (κ3) is 5.96. The fourth-order valence-corrected chi connectivity index (χ4v) is 2.89. The zero-order valence-corrected chi connectivity index (χ0v) is 17.5. The molecule has 0 spiro atoms. The van der Waals surface area contributed by atoms with Crippen LogP contribution in [-0.4, -0.2) is 18.7 Å². The quantitative estimate of drug-likeness (QED) is 0.298. The molecule has 1 amide bonds. The van der Waals surface area contributed by atoms with Gasteiger partial charge in [-0.15, -0.1) is 0 Å². The molecule has 8 heteroatoms. The van der Waals surface area contributed by atoms with Crippen molar-refractivity contribution in [3.63, 3.8) is 0 Å². The molecule has 0 aromatic heterocycles. The molecule has 3 aromatic rings. The normalized spacial score (nSPS) is 10.8. The van der Waals surface area contributed by atoms with Crippen molar-refractivity contribution in [2.24, 2.45) is 5.10 Å². The van der Waals surface area contributed by atoms with Gasteiger partial charge in [-0.2, -0.15) is 5.10 Å². The van der Waals surface area contributed by atoms with E-state index in [0.29, 0.717) is 39.9 Å². The van der Waals surface area contributed by atoms with Crippen molar-refractivity contribution in [3.8, 4) is 11.5 Å². The van der Waals surface area contributed by atoms with Gasteiger partial charge in [0.15, 0.2) is 11.5 Å². The monoisotopic (exact) mass is 441 g/mol. The van der Waals surface area contributed by atoms with E-state index in [1.165, 1.54) is 18.3 Å². The first-order valence-electron chi connectivity index (χ1n) is 9.49. The summed E-state index contributed by atoms with van der Waals surface area (Å²) >= 11 is 6.05. The van der Waals surface area contributed by atoms with Crippen LogP contribution in [0, 0.1) is 5.82 Å². The van der Waals surface area contributed by atoms with E-state index in [9.17, 15) is 9.18 Å². The van der Waals surface area contributed by atoms with Gasteiger partial charge in [-0.05, 0) is 67.1 Å². The topological polar surface area (TPSA) is 85.9 Å². The molecule has 6 nitrogen and oxygen atoms in total. The molecule has 160 valence electrons. The Morgan fingerprint density at radius 2 is 1.90 bits per heavy atom. The number of halogens is 2. The van der Waals surface area contributed by atoms with Crippen molar-refractivity contribution < 1.29 is 18.7 Å². The maximum absolute atomic E-state index is 14.0. The standard InChI is InChI=1S/C23H21ClFN3O3/c1-2-30-22-12-15(13-27-28-23(29)16-7-9-17(26)10-8-16)6-11-21(22)31-14-18-19(24)4-3-5-20(18)25/h3-13H,2,14,26H2,1H3,(H,28,29)/b27-13+. The number of benzene rings is 3. The van der Waals surface area contributed by atoms with Gasteiger partial charge in [-0.1, -0.05) is 17.7 Å². The van der Waals surface area contributed by atoms with E-state index in [1.54, 1.807) is 48.5 Å². The number of anilines is 1. The van der Waals surface area contributed by atoms with Crippen LogP contribution in [0.15, 0.2) is 65.8 Å². The molecule has 0 atom stereocenters. The second-order valence-corrected chi connectivity index (χ2v) is 6.86. The van der Waals surface area contributed by atoms with Gasteiger partial charge in [0, 0.05) is 16.8 Å². The zero-order valence-electron chi connectivity index (χ0n) is 16.8. The fourth-order valence-electron chi connectivity index (χ4n) is 2.68. The fraction of sp³-hybridized carbons (Fsp3) is 0.130. The number of hydrazone groups is 1. The van der Waals surface area contributed by atoms with Gasteiger partial charge in [-0.25, -0.2) is 9.82 Å². The molecular formula is C23H21ClFN3O3. The number of carbonyl (C=O) groups excluding carboxylic acids is 1. The number of ether oxygens (including phenoxy) is 2. The molecule has 0 saturated carbocycles. The molecule has 0 aliphatic rings. The highest BCUT2D eigenvalue weighted by atomic mass is 35.5. The summed E-state index contributed by atoms with van der Waals surface area (Å²) in [5.74, 6) is 0.0991. The predicted octanol–water partition coefficient (Wildman–Crippen LogP) is 4.80. The molecular weight excluding hydrogens is 421 g/mol. The van der Waals surface area contributed by atoms with Crippen molar-refractivity contribution >= 4 is 29.4 Å². The van der Waals surface area contributed by atoms with Crippen molar-refractivity contribution in [1.29, 1.82) is 0 Å². The van der Waals surface area contributed by atoms with Gasteiger partial charge in [-0.3, -0.25) is 4.79 Å². The van der Waals surface area contributed by atoms with Crippen LogP contribution in [0.4, 0.5) is 10.1 Å². The van der Waals surface area contributed by atoms with Crippen LogP contribution in [0.2, 0.25) is 5.02 Å². The molecule has 3 aromatic carbocycles. The first kappa shape index (κ1) is 22.1. The second-order valence-electron chi connectivity index (χ2n) is 6.45. The maximum atomic E-state index is 14.0. The summed E-state index contributed by atoms with van der Waals surface area (Å²) in [6.07, 6.45) is 1.48. The van der Waals surface area contributed by atoms with Gasteiger partial charge >= 0.3 is 0 Å². The number of rotatable bonds is 8. The number of hydrogen-bond acceptors (Lipinski definition) is 5. The minimum absolute atomic E-state index is 0.0450. The molecule has 0 aliphatic heterocycles. The summed E-state index contributed by atoms with van der Waals surface area (Å²) in [5, 5.41) is 4.26. The van der Waals surface area contributed by atoms with Crippen LogP contribution in [-0.2, 0) is 6.61 Å². The third-order valence-corrected chi connectivity index (χ3v) is 4.61. The van der Waals surface area contributed by atoms with Crippen LogP contribution in [0.3, 0.4) is 0 Å². The number of nitrogens with one attached hydrogen (secondary N) is 1. The van der Waals surface area contributed by atoms with Crippen molar-refractivity contribution in [2.45, 2.75) is 13.5 Å². The number of nitrogens with zero attached hydrogens (tertiary/aromatic N) is 1. The van der Waals surface area contributed by atoms with E-state index in [0.717, 1.165) is 0 Å². The lowest BCUT2D eigenvalue weighted by Crippen LogP contribution is -2.17. The van der Waals surface area contributed by atoms with Gasteiger partial charge in [0.2, 0.25) is 0 Å². The Balaban J connectivity index is 1.68. The van der Waals surface area contributed by atoms with Crippen LogP contribution in [0.1, 0.15) is 28.4 Å². The molecule has 0 aliphatic carbocycles. The molecule has 3 N–H and O–H groups in total. The highest BCUT2D eigenvalue weighted by Gasteiger charge is 2.11. The van der Waals surface area contributed by atoms with Crippen molar-refractivity contribution in [3.05, 3.63) is 88.2 Å². The Morgan fingerprint density at radius 3 is 2.61 bits per heavy atom. The van der Waals surface area contributed by atoms with E-state index in [1.807, 2.05) is 6.92 Å². The highest BCUT2D eigenvalue weighted by molar-refractivity contribution is 6.31. The molecule has 0 saturated heterocycles. The second kappa shape index (κ2) is 10.4. The molecule has 0 fully saturated rings. The SMILES string of the molecule is CCOc1cc(/C=N/NC(=O)c2ccc(N)cc2)ccc1OCc1c(F)cccc1Cl. The molecule has 0 radical (unpaired) electrons. The van der Waals surface area contributed by atoms with E-state index in [-0.39, 0.29) is 18.1 Å². The van der Waals surface area contributed by atoms with Crippen molar-refractivity contribution in [1.82, 2.24) is 5.43 Å². The average molecular weight is 442 g/mol. The van der Waals surface area contributed by atoms with E-state index in [4.69, 9.17) is 26.8 Å². The zero-order chi connectivity index (χ0) is 22.2. The Kier molecular flexibility index (Phi) is 7.45. The molecule has 0 bridgehead atoms. The Morgan fingerprint density at radius 1 is 1.13 bits per heavy atom. The Hall–Kier alpha value is -3.58. The molecule has 3 rings (SSSR count). The lowest BCUT2D eigenvalue weighted by Gasteiger charge is -2.13. The summed E-state index contributed by atoms with van der Waals surface area (Å²) in [6, 6.07) is 16.1. The largest absolute Gasteiger partial charge is 0.490 e. The maximum Gasteiger partial charge on any atom is 0.271 e. The number of hydrogen-bond donors (Lipinski definition) is 2. The van der Waals surface area contributed by atoms with Crippen molar-refractivity contribution in [2.75, 3.05) is 12.3 Å². The number of nitrogen functional groups attached to an aromatic ring is 1. The van der Waals surface area contributed by atoms with Gasteiger partial charge in [0.05, 0.1) is 17.8 Å². The van der Waals surface area contributed by atoms with E-state index >= 15 is 0 Å². The van der Waals surface area contributed by atoms with E-state index in [2.05, 4.69) is 10.5 Å². The summed E-state index contributed by atoms with van der Waals surface area (Å²) in [5.41, 5.74) is 10.0. The Labute approximate surface area is 184 Å². The summed E-state index contributed by atoms with van der Waals surface area (Å²) in [4.78, 5) is 12.1. The number of nitrogens with two attached hydrogens (primary N) is 1. The van der Waals surface area contributed by atoms with Crippen LogP contribution < -0.4 is 20.6 Å². The van der Waals surface area contributed by atoms with Gasteiger partial charge in [0.1, 0.15) is 12.4 Å². The lowest BCUT2D eigenvalue weighted by molar-refractivity contribution is 0.0955. The third-order valence-electron chi connectivity index (χ3n) is 4.25.